The molecular formula is C23H20BrNOS. The lowest BCUT2D eigenvalue weighted by Gasteiger charge is -2.33. The smallest absolute Gasteiger partial charge is 0.246 e. The third kappa shape index (κ3) is 3.92. The van der Waals surface area contributed by atoms with Crippen molar-refractivity contribution >= 4 is 39.2 Å². The van der Waals surface area contributed by atoms with E-state index in [1.807, 2.05) is 41.3 Å². The van der Waals surface area contributed by atoms with E-state index < -0.39 is 0 Å². The molecule has 2 nitrogen and oxygen atoms in total. The van der Waals surface area contributed by atoms with Gasteiger partial charge in [-0.05, 0) is 57.2 Å². The van der Waals surface area contributed by atoms with Crippen LogP contribution in [0.25, 0.3) is 6.08 Å². The molecule has 1 aromatic heterocycles. The van der Waals surface area contributed by atoms with Gasteiger partial charge in [-0.15, -0.1) is 11.3 Å². The van der Waals surface area contributed by atoms with Crippen molar-refractivity contribution in [2.24, 2.45) is 0 Å². The molecule has 0 N–H and O–H groups in total. The minimum atomic E-state index is 0.0626. The summed E-state index contributed by atoms with van der Waals surface area (Å²) in [6, 6.07) is 20.6. The zero-order valence-electron chi connectivity index (χ0n) is 15.1. The molecule has 2 aromatic carbocycles. The first-order chi connectivity index (χ1) is 13.1. The van der Waals surface area contributed by atoms with Gasteiger partial charge in [0.25, 0.3) is 0 Å². The highest BCUT2D eigenvalue weighted by Gasteiger charge is 2.30. The van der Waals surface area contributed by atoms with Gasteiger partial charge in [-0.3, -0.25) is 4.79 Å². The minimum absolute atomic E-state index is 0.0626. The van der Waals surface area contributed by atoms with Gasteiger partial charge >= 0.3 is 0 Å². The Morgan fingerprint density at radius 1 is 1.11 bits per heavy atom. The van der Waals surface area contributed by atoms with Gasteiger partial charge in [0.15, 0.2) is 0 Å². The molecule has 136 valence electrons. The largest absolute Gasteiger partial charge is 0.333 e. The van der Waals surface area contributed by atoms with Crippen molar-refractivity contribution in [2.75, 3.05) is 6.54 Å². The van der Waals surface area contributed by atoms with Crippen molar-refractivity contribution in [3.05, 3.63) is 97.7 Å². The van der Waals surface area contributed by atoms with Gasteiger partial charge in [-0.1, -0.05) is 54.6 Å². The van der Waals surface area contributed by atoms with Crippen LogP contribution in [-0.4, -0.2) is 17.4 Å². The van der Waals surface area contributed by atoms with Crippen LogP contribution in [0.5, 0.6) is 0 Å². The van der Waals surface area contributed by atoms with Crippen LogP contribution in [0.1, 0.15) is 33.0 Å². The number of hydrogen-bond donors (Lipinski definition) is 0. The van der Waals surface area contributed by atoms with E-state index >= 15 is 0 Å². The second kappa shape index (κ2) is 7.83. The molecule has 0 bridgehead atoms. The van der Waals surface area contributed by atoms with Crippen LogP contribution in [0.2, 0.25) is 0 Å². The van der Waals surface area contributed by atoms with Crippen LogP contribution in [0.4, 0.5) is 0 Å². The van der Waals surface area contributed by atoms with E-state index in [1.54, 1.807) is 17.4 Å². The van der Waals surface area contributed by atoms with Crippen molar-refractivity contribution in [3.8, 4) is 0 Å². The maximum Gasteiger partial charge on any atom is 0.246 e. The molecular weight excluding hydrogens is 418 g/mol. The molecule has 27 heavy (non-hydrogen) atoms. The molecule has 2 heterocycles. The van der Waals surface area contributed by atoms with Crippen LogP contribution >= 0.6 is 27.3 Å². The molecule has 0 fully saturated rings. The second-order valence-corrected chi connectivity index (χ2v) is 9.32. The SMILES string of the molecule is Cc1ccccc1[C@@H]1CN(C(=O)/C=C/c2ccccc2)Cc2sc(Br)cc21. The zero-order chi connectivity index (χ0) is 18.8. The van der Waals surface area contributed by atoms with E-state index in [1.165, 1.54) is 21.6 Å². The Balaban J connectivity index is 1.63. The summed E-state index contributed by atoms with van der Waals surface area (Å²) >= 11 is 5.36. The maximum absolute atomic E-state index is 12.9. The van der Waals surface area contributed by atoms with Crippen molar-refractivity contribution < 1.29 is 4.79 Å². The number of hydrogen-bond acceptors (Lipinski definition) is 2. The van der Waals surface area contributed by atoms with Gasteiger partial charge < -0.3 is 4.90 Å². The molecule has 4 heteroatoms. The number of halogens is 1. The monoisotopic (exact) mass is 437 g/mol. The summed E-state index contributed by atoms with van der Waals surface area (Å²) in [5, 5.41) is 0. The normalized spacial score (nSPS) is 16.5. The van der Waals surface area contributed by atoms with Gasteiger partial charge in [0.1, 0.15) is 0 Å². The van der Waals surface area contributed by atoms with E-state index in [9.17, 15) is 4.79 Å². The quantitative estimate of drug-likeness (QED) is 0.459. The van der Waals surface area contributed by atoms with Crippen LogP contribution in [0.15, 0.2) is 70.5 Å². The summed E-state index contributed by atoms with van der Waals surface area (Å²) in [5.74, 6) is 0.277. The zero-order valence-corrected chi connectivity index (χ0v) is 17.5. The van der Waals surface area contributed by atoms with E-state index in [-0.39, 0.29) is 11.8 Å². The summed E-state index contributed by atoms with van der Waals surface area (Å²) in [7, 11) is 0. The minimum Gasteiger partial charge on any atom is -0.333 e. The van der Waals surface area contributed by atoms with Crippen molar-refractivity contribution in [1.29, 1.82) is 0 Å². The van der Waals surface area contributed by atoms with Gasteiger partial charge in [0.05, 0.1) is 10.3 Å². The average molecular weight is 438 g/mol. The number of benzene rings is 2. The first-order valence-corrected chi connectivity index (χ1v) is 10.6. The second-order valence-electron chi connectivity index (χ2n) is 6.80. The Labute approximate surface area is 172 Å². The molecule has 1 aliphatic rings. The number of carbonyl (C=O) groups is 1. The highest BCUT2D eigenvalue weighted by molar-refractivity contribution is 9.11. The summed E-state index contributed by atoms with van der Waals surface area (Å²) in [6.07, 6.45) is 3.59. The number of amides is 1. The van der Waals surface area contributed by atoms with Crippen LogP contribution in [-0.2, 0) is 11.3 Å². The fourth-order valence-corrected chi connectivity index (χ4v) is 5.43. The molecule has 3 aromatic rings. The molecule has 1 atom stereocenters. The van der Waals surface area contributed by atoms with Crippen molar-refractivity contribution in [2.45, 2.75) is 19.4 Å². The van der Waals surface area contributed by atoms with Gasteiger partial charge in [-0.2, -0.15) is 0 Å². The van der Waals surface area contributed by atoms with Crippen LogP contribution in [0, 0.1) is 6.92 Å². The van der Waals surface area contributed by atoms with E-state index in [2.05, 4.69) is 53.2 Å². The third-order valence-electron chi connectivity index (χ3n) is 5.02. The van der Waals surface area contributed by atoms with E-state index in [0.29, 0.717) is 13.1 Å². The summed E-state index contributed by atoms with van der Waals surface area (Å²) < 4.78 is 1.13. The lowest BCUT2D eigenvalue weighted by atomic mass is 9.86. The Bertz CT molecular complexity index is 993. The number of fused-ring (bicyclic) bond motifs is 1. The Morgan fingerprint density at radius 2 is 1.85 bits per heavy atom. The number of carbonyl (C=O) groups excluding carboxylic acids is 1. The molecule has 0 radical (unpaired) electrons. The summed E-state index contributed by atoms with van der Waals surface area (Å²) in [6.45, 7) is 3.53. The molecule has 1 aliphatic heterocycles. The molecule has 4 rings (SSSR count). The van der Waals surface area contributed by atoms with Gasteiger partial charge in [0.2, 0.25) is 5.91 Å². The van der Waals surface area contributed by atoms with E-state index in [4.69, 9.17) is 0 Å². The lowest BCUT2D eigenvalue weighted by Crippen LogP contribution is -2.37. The van der Waals surface area contributed by atoms with Crippen molar-refractivity contribution in [3.63, 3.8) is 0 Å². The first-order valence-electron chi connectivity index (χ1n) is 8.97. The predicted molar refractivity (Wildman–Crippen MR) is 116 cm³/mol. The molecule has 0 aliphatic carbocycles. The lowest BCUT2D eigenvalue weighted by molar-refractivity contribution is -0.127. The van der Waals surface area contributed by atoms with Crippen LogP contribution in [0.3, 0.4) is 0 Å². The Kier molecular flexibility index (Phi) is 5.28. The highest BCUT2D eigenvalue weighted by atomic mass is 79.9. The third-order valence-corrected chi connectivity index (χ3v) is 6.66. The Morgan fingerprint density at radius 3 is 2.63 bits per heavy atom. The molecule has 0 spiro atoms. The van der Waals surface area contributed by atoms with Crippen molar-refractivity contribution in [1.82, 2.24) is 4.90 Å². The topological polar surface area (TPSA) is 20.3 Å². The summed E-state index contributed by atoms with van der Waals surface area (Å²) in [4.78, 5) is 16.1. The fraction of sp³-hybridized carbons (Fsp3) is 0.174. The number of rotatable bonds is 3. The highest BCUT2D eigenvalue weighted by Crippen LogP contribution is 2.41. The van der Waals surface area contributed by atoms with Gasteiger partial charge in [0, 0.05) is 23.4 Å². The predicted octanol–water partition coefficient (Wildman–Crippen LogP) is 6.01. The standard InChI is InChI=1S/C23H20BrNOS/c1-16-7-5-6-10-18(16)20-14-25(15-21-19(20)13-22(24)27-21)23(26)12-11-17-8-3-2-4-9-17/h2-13,20H,14-15H2,1H3/b12-11+/t20-/m0/s1. The number of aryl methyl sites for hydroxylation is 1. The molecule has 0 saturated carbocycles. The Hall–Kier alpha value is -2.17. The molecule has 0 saturated heterocycles. The van der Waals surface area contributed by atoms with Crippen LogP contribution < -0.4 is 0 Å². The molecule has 1 amide bonds. The van der Waals surface area contributed by atoms with E-state index in [0.717, 1.165) is 9.35 Å². The number of nitrogens with zero attached hydrogens (tertiary/aromatic N) is 1. The molecule has 0 unspecified atom stereocenters. The average Bonchev–Trinajstić information content (AvgIpc) is 3.07. The maximum atomic E-state index is 12.9. The number of thiophene rings is 1. The first kappa shape index (κ1) is 18.2. The summed E-state index contributed by atoms with van der Waals surface area (Å²) in [5.41, 5.74) is 4.95. The van der Waals surface area contributed by atoms with Gasteiger partial charge in [-0.25, -0.2) is 0 Å². The fourth-order valence-electron chi connectivity index (χ4n) is 3.63.